The van der Waals surface area contributed by atoms with Crippen LogP contribution < -0.4 is 0 Å². The summed E-state index contributed by atoms with van der Waals surface area (Å²) in [7, 11) is 2.24. The summed E-state index contributed by atoms with van der Waals surface area (Å²) in [6.07, 6.45) is 10.3. The minimum absolute atomic E-state index is 0.923. The highest BCUT2D eigenvalue weighted by atomic mass is 15.1. The average molecular weight is 239 g/mol. The van der Waals surface area contributed by atoms with Crippen molar-refractivity contribution in [2.24, 2.45) is 17.8 Å². The van der Waals surface area contributed by atoms with Crippen LogP contribution in [0.2, 0.25) is 0 Å². The Bertz CT molecular complexity index is 182. The van der Waals surface area contributed by atoms with Gasteiger partial charge in [-0.3, -0.25) is 0 Å². The average Bonchev–Trinajstić information content (AvgIpc) is 2.36. The number of hydrogen-bond acceptors (Lipinski definition) is 1. The number of nitrogens with zero attached hydrogens (tertiary/aromatic N) is 1. The van der Waals surface area contributed by atoms with Gasteiger partial charge in [-0.25, -0.2) is 0 Å². The van der Waals surface area contributed by atoms with E-state index >= 15 is 0 Å². The third-order valence-corrected chi connectivity index (χ3v) is 4.82. The molecule has 1 rings (SSSR count). The molecule has 1 heteroatoms. The molecule has 0 radical (unpaired) electrons. The van der Waals surface area contributed by atoms with Gasteiger partial charge in [0.25, 0.3) is 0 Å². The number of hydrogen-bond donors (Lipinski definition) is 0. The van der Waals surface area contributed by atoms with Gasteiger partial charge in [-0.05, 0) is 50.7 Å². The molecular formula is C16H33N. The van der Waals surface area contributed by atoms with Gasteiger partial charge in [0.2, 0.25) is 0 Å². The van der Waals surface area contributed by atoms with Crippen molar-refractivity contribution in [2.45, 2.75) is 65.7 Å². The zero-order valence-corrected chi connectivity index (χ0v) is 12.5. The molecule has 0 spiro atoms. The van der Waals surface area contributed by atoms with Crippen LogP contribution in [0.3, 0.4) is 0 Å². The Hall–Kier alpha value is -0.0400. The molecule has 0 saturated heterocycles. The maximum absolute atomic E-state index is 2.45. The van der Waals surface area contributed by atoms with E-state index in [-0.39, 0.29) is 0 Å². The van der Waals surface area contributed by atoms with E-state index < -0.39 is 0 Å². The van der Waals surface area contributed by atoms with Crippen LogP contribution in [0.1, 0.15) is 65.7 Å². The van der Waals surface area contributed by atoms with Crippen molar-refractivity contribution in [3.05, 3.63) is 0 Å². The molecule has 0 aliphatic heterocycles. The minimum atomic E-state index is 0.923. The van der Waals surface area contributed by atoms with Crippen LogP contribution in [0.4, 0.5) is 0 Å². The van der Waals surface area contributed by atoms with Crippen LogP contribution in [0.25, 0.3) is 0 Å². The quantitative estimate of drug-likeness (QED) is 0.629. The molecular weight excluding hydrogens is 206 g/mol. The van der Waals surface area contributed by atoms with Gasteiger partial charge in [-0.2, -0.15) is 0 Å². The minimum Gasteiger partial charge on any atom is -0.307 e. The molecule has 1 nitrogen and oxygen atoms in total. The van der Waals surface area contributed by atoms with Gasteiger partial charge in [0, 0.05) is 0 Å². The Labute approximate surface area is 109 Å². The van der Waals surface area contributed by atoms with Crippen molar-refractivity contribution in [1.29, 1.82) is 0 Å². The molecule has 0 N–H and O–H groups in total. The van der Waals surface area contributed by atoms with Crippen molar-refractivity contribution in [1.82, 2.24) is 4.90 Å². The Morgan fingerprint density at radius 1 is 1.06 bits per heavy atom. The molecule has 0 amide bonds. The van der Waals surface area contributed by atoms with E-state index in [1.54, 1.807) is 0 Å². The second kappa shape index (κ2) is 8.13. The lowest BCUT2D eigenvalue weighted by Crippen LogP contribution is -2.22. The zero-order chi connectivity index (χ0) is 12.7. The van der Waals surface area contributed by atoms with Gasteiger partial charge in [-0.1, -0.05) is 52.9 Å². The Kier molecular flexibility index (Phi) is 7.18. The second-order valence-electron chi connectivity index (χ2n) is 6.32. The largest absolute Gasteiger partial charge is 0.307 e. The van der Waals surface area contributed by atoms with Crippen molar-refractivity contribution in [3.63, 3.8) is 0 Å². The van der Waals surface area contributed by atoms with Gasteiger partial charge in [0.05, 0.1) is 0 Å². The Morgan fingerprint density at radius 2 is 1.65 bits per heavy atom. The highest BCUT2D eigenvalue weighted by molar-refractivity contribution is 4.73. The zero-order valence-electron chi connectivity index (χ0n) is 12.5. The molecule has 17 heavy (non-hydrogen) atoms. The Morgan fingerprint density at radius 3 is 2.18 bits per heavy atom. The molecule has 1 fully saturated rings. The fraction of sp³-hybridized carbons (Fsp3) is 1.00. The summed E-state index contributed by atoms with van der Waals surface area (Å²) in [6.45, 7) is 9.52. The first-order valence-electron chi connectivity index (χ1n) is 7.84. The van der Waals surface area contributed by atoms with Crippen LogP contribution in [0, 0.1) is 17.8 Å². The van der Waals surface area contributed by atoms with Gasteiger partial charge in [-0.15, -0.1) is 0 Å². The van der Waals surface area contributed by atoms with Crippen molar-refractivity contribution in [2.75, 3.05) is 20.1 Å². The van der Waals surface area contributed by atoms with Gasteiger partial charge in [0.1, 0.15) is 0 Å². The summed E-state index contributed by atoms with van der Waals surface area (Å²) in [4.78, 5) is 2.44. The Balaban J connectivity index is 2.12. The summed E-state index contributed by atoms with van der Waals surface area (Å²) in [6, 6.07) is 0. The van der Waals surface area contributed by atoms with Gasteiger partial charge in [0.15, 0.2) is 0 Å². The standard InChI is InChI=1S/C16H33N/c1-5-15-7-9-16(10-8-15)13-14(3)11-12-17(4)6-2/h14-16H,5-13H2,1-4H3. The molecule has 1 saturated carbocycles. The maximum Gasteiger partial charge on any atom is -0.00194 e. The maximum atomic E-state index is 2.45. The van der Waals surface area contributed by atoms with Crippen molar-refractivity contribution < 1.29 is 0 Å². The molecule has 1 unspecified atom stereocenters. The molecule has 0 aromatic rings. The monoisotopic (exact) mass is 239 g/mol. The summed E-state index contributed by atoms with van der Waals surface area (Å²) < 4.78 is 0. The molecule has 1 aliphatic rings. The fourth-order valence-corrected chi connectivity index (χ4v) is 3.16. The second-order valence-corrected chi connectivity index (χ2v) is 6.32. The van der Waals surface area contributed by atoms with Gasteiger partial charge < -0.3 is 4.90 Å². The molecule has 0 aromatic heterocycles. The molecule has 0 aromatic carbocycles. The van der Waals surface area contributed by atoms with Crippen LogP contribution in [-0.2, 0) is 0 Å². The number of rotatable bonds is 7. The summed E-state index contributed by atoms with van der Waals surface area (Å²) in [5.41, 5.74) is 0. The summed E-state index contributed by atoms with van der Waals surface area (Å²) >= 11 is 0. The highest BCUT2D eigenvalue weighted by Gasteiger charge is 2.21. The van der Waals surface area contributed by atoms with E-state index in [1.165, 1.54) is 58.0 Å². The van der Waals surface area contributed by atoms with E-state index in [4.69, 9.17) is 0 Å². The van der Waals surface area contributed by atoms with E-state index in [0.29, 0.717) is 0 Å². The SMILES string of the molecule is CCC1CCC(CC(C)CCN(C)CC)CC1. The van der Waals surface area contributed by atoms with Gasteiger partial charge >= 0.3 is 0 Å². The topological polar surface area (TPSA) is 3.24 Å². The third kappa shape index (κ3) is 5.90. The normalized spacial score (nSPS) is 27.4. The van der Waals surface area contributed by atoms with Crippen LogP contribution in [0.5, 0.6) is 0 Å². The molecule has 102 valence electrons. The first kappa shape index (κ1) is 15.0. The predicted octanol–water partition coefficient (Wildman–Crippen LogP) is 4.57. The van der Waals surface area contributed by atoms with Crippen molar-refractivity contribution >= 4 is 0 Å². The lowest BCUT2D eigenvalue weighted by molar-refractivity contribution is 0.223. The van der Waals surface area contributed by atoms with E-state index in [9.17, 15) is 0 Å². The first-order chi connectivity index (χ1) is 8.15. The third-order valence-electron chi connectivity index (χ3n) is 4.82. The summed E-state index contributed by atoms with van der Waals surface area (Å²) in [5, 5.41) is 0. The van der Waals surface area contributed by atoms with Crippen molar-refractivity contribution in [3.8, 4) is 0 Å². The first-order valence-corrected chi connectivity index (χ1v) is 7.84. The van der Waals surface area contributed by atoms with Crippen LogP contribution in [-0.4, -0.2) is 25.0 Å². The lowest BCUT2D eigenvalue weighted by Gasteiger charge is -2.30. The fourth-order valence-electron chi connectivity index (χ4n) is 3.16. The molecule has 0 bridgehead atoms. The molecule has 0 heterocycles. The van der Waals surface area contributed by atoms with Crippen LogP contribution in [0.15, 0.2) is 0 Å². The molecule has 1 aliphatic carbocycles. The smallest absolute Gasteiger partial charge is 0.00194 e. The van der Waals surface area contributed by atoms with E-state index in [0.717, 1.165) is 17.8 Å². The van der Waals surface area contributed by atoms with Crippen LogP contribution >= 0.6 is 0 Å². The lowest BCUT2D eigenvalue weighted by atomic mass is 9.77. The van der Waals surface area contributed by atoms with E-state index in [1.807, 2.05) is 0 Å². The highest BCUT2D eigenvalue weighted by Crippen LogP contribution is 2.34. The molecule has 1 atom stereocenters. The van der Waals surface area contributed by atoms with E-state index in [2.05, 4.69) is 32.7 Å². The summed E-state index contributed by atoms with van der Waals surface area (Å²) in [5.74, 6) is 3.01. The predicted molar refractivity (Wildman–Crippen MR) is 77.3 cm³/mol.